The van der Waals surface area contributed by atoms with Crippen LogP contribution in [0.25, 0.3) is 55.7 Å². The lowest BCUT2D eigenvalue weighted by Gasteiger charge is -2.27. The highest BCUT2D eigenvalue weighted by atomic mass is 16.5. The standard InChI is InChI=1S/C35H34N8O4/c1-41-30-25(12-21(14-28(30)47-2)34(45)43-16-20-7-10-26(43)29(20)36)38-32(41)27-13-19-6-8-23(37-31(19)42(27)15-17-3-4-17)18-5-9-24-22(11-18)33(44)40-35(46)39-24/h5-6,8-9,11-14,17,20,26,29H,3-4,7,10,15-16,36H2,1-2H3,(H2,39,40,44,46). The Bertz CT molecular complexity index is 2400. The molecular weight excluding hydrogens is 596 g/mol. The molecule has 6 aromatic rings. The van der Waals surface area contributed by atoms with E-state index in [1.54, 1.807) is 19.2 Å². The fourth-order valence-electron chi connectivity index (χ4n) is 7.81. The number of methoxy groups -OCH3 is 1. The van der Waals surface area contributed by atoms with E-state index in [2.05, 4.69) is 20.6 Å². The van der Waals surface area contributed by atoms with Crippen molar-refractivity contribution in [3.05, 3.63) is 74.9 Å². The average Bonchev–Trinajstić information content (AvgIpc) is 3.47. The molecule has 2 aliphatic carbocycles. The van der Waals surface area contributed by atoms with Crippen LogP contribution in [0.15, 0.2) is 58.1 Å². The predicted octanol–water partition coefficient (Wildman–Crippen LogP) is 3.77. The van der Waals surface area contributed by atoms with Crippen molar-refractivity contribution in [2.75, 3.05) is 13.7 Å². The molecule has 9 rings (SSSR count). The fourth-order valence-corrected chi connectivity index (χ4v) is 7.81. The quantitative estimate of drug-likeness (QED) is 0.253. The lowest BCUT2D eigenvalue weighted by atomic mass is 10.1. The van der Waals surface area contributed by atoms with Crippen LogP contribution in [-0.4, -0.2) is 65.6 Å². The highest BCUT2D eigenvalue weighted by molar-refractivity contribution is 6.00. The van der Waals surface area contributed by atoms with Crippen molar-refractivity contribution in [1.29, 1.82) is 0 Å². The molecule has 3 unspecified atom stereocenters. The van der Waals surface area contributed by atoms with Gasteiger partial charge in [0, 0.05) is 48.7 Å². The van der Waals surface area contributed by atoms with E-state index in [4.69, 9.17) is 20.4 Å². The van der Waals surface area contributed by atoms with E-state index in [9.17, 15) is 14.4 Å². The Morgan fingerprint density at radius 3 is 2.62 bits per heavy atom. The van der Waals surface area contributed by atoms with E-state index < -0.39 is 11.2 Å². The predicted molar refractivity (Wildman–Crippen MR) is 178 cm³/mol. The monoisotopic (exact) mass is 630 g/mol. The smallest absolute Gasteiger partial charge is 0.326 e. The minimum absolute atomic E-state index is 0.0262. The van der Waals surface area contributed by atoms with Gasteiger partial charge in [0.25, 0.3) is 11.5 Å². The van der Waals surface area contributed by atoms with Crippen LogP contribution in [0, 0.1) is 11.8 Å². The lowest BCUT2D eigenvalue weighted by molar-refractivity contribution is 0.0700. The maximum atomic E-state index is 13.7. The number of nitrogens with two attached hydrogens (primary N) is 1. The molecular formula is C35H34N8O4. The largest absolute Gasteiger partial charge is 0.494 e. The number of hydrogen-bond acceptors (Lipinski definition) is 7. The summed E-state index contributed by atoms with van der Waals surface area (Å²) in [4.78, 5) is 55.1. The Morgan fingerprint density at radius 2 is 1.87 bits per heavy atom. The third-order valence-electron chi connectivity index (χ3n) is 10.5. The van der Waals surface area contributed by atoms with E-state index in [1.807, 2.05) is 46.8 Å². The maximum Gasteiger partial charge on any atom is 0.326 e. The molecule has 4 aromatic heterocycles. The van der Waals surface area contributed by atoms with Gasteiger partial charge < -0.3 is 29.5 Å². The summed E-state index contributed by atoms with van der Waals surface area (Å²) in [5, 5.41) is 1.37. The molecule has 238 valence electrons. The van der Waals surface area contributed by atoms with Crippen molar-refractivity contribution in [2.24, 2.45) is 24.6 Å². The van der Waals surface area contributed by atoms with Crippen LogP contribution in [0.3, 0.4) is 0 Å². The number of hydrogen-bond donors (Lipinski definition) is 3. The average molecular weight is 631 g/mol. The Hall–Kier alpha value is -5.23. The van der Waals surface area contributed by atoms with Gasteiger partial charge in [0.1, 0.15) is 16.9 Å². The summed E-state index contributed by atoms with van der Waals surface area (Å²) in [6.07, 6.45) is 4.35. The van der Waals surface area contributed by atoms with Gasteiger partial charge in [0.15, 0.2) is 5.82 Å². The maximum absolute atomic E-state index is 13.7. The Balaban J connectivity index is 1.16. The molecule has 3 fully saturated rings. The number of carbonyl (C=O) groups excluding carboxylic acids is 1. The topological polar surface area (TPSA) is 157 Å². The molecule has 12 heteroatoms. The van der Waals surface area contributed by atoms with Crippen LogP contribution in [0.1, 0.15) is 36.0 Å². The van der Waals surface area contributed by atoms with Gasteiger partial charge in [-0.15, -0.1) is 0 Å². The van der Waals surface area contributed by atoms with Gasteiger partial charge in [-0.25, -0.2) is 14.8 Å². The Morgan fingerprint density at radius 1 is 1.02 bits per heavy atom. The molecule has 0 radical (unpaired) electrons. The first-order valence-electron chi connectivity index (χ1n) is 16.2. The van der Waals surface area contributed by atoms with Crippen LogP contribution >= 0.6 is 0 Å². The summed E-state index contributed by atoms with van der Waals surface area (Å²) in [5.74, 6) is 2.25. The van der Waals surface area contributed by atoms with E-state index in [-0.39, 0.29) is 18.0 Å². The summed E-state index contributed by atoms with van der Waals surface area (Å²) in [6.45, 7) is 1.50. The second kappa shape index (κ2) is 10.1. The number of carbonyl (C=O) groups is 1. The van der Waals surface area contributed by atoms with Crippen LogP contribution in [0.2, 0.25) is 0 Å². The second-order valence-electron chi connectivity index (χ2n) is 13.3. The number of fused-ring (bicyclic) bond motifs is 5. The highest BCUT2D eigenvalue weighted by Gasteiger charge is 2.47. The number of aromatic amines is 2. The number of piperidine rings is 1. The second-order valence-corrected chi connectivity index (χ2v) is 13.3. The van der Waals surface area contributed by atoms with E-state index in [0.717, 1.165) is 71.6 Å². The summed E-state index contributed by atoms with van der Waals surface area (Å²) in [5.41, 5.74) is 11.2. The number of H-pyrrole nitrogens is 2. The molecule has 3 aliphatic rings. The van der Waals surface area contributed by atoms with Crippen molar-refractivity contribution >= 4 is 38.9 Å². The fraction of sp³-hybridized carbons (Fsp3) is 0.343. The summed E-state index contributed by atoms with van der Waals surface area (Å²) in [6, 6.07) is 15.3. The molecule has 2 bridgehead atoms. The minimum Gasteiger partial charge on any atom is -0.494 e. The zero-order valence-corrected chi connectivity index (χ0v) is 26.1. The van der Waals surface area contributed by atoms with Gasteiger partial charge in [-0.2, -0.15) is 0 Å². The molecule has 2 saturated carbocycles. The number of imidazole rings is 1. The third kappa shape index (κ3) is 4.34. The molecule has 5 heterocycles. The van der Waals surface area contributed by atoms with Gasteiger partial charge >= 0.3 is 5.69 Å². The molecule has 2 aromatic carbocycles. The Kier molecular flexibility index (Phi) is 6.04. The van der Waals surface area contributed by atoms with Gasteiger partial charge in [0.05, 0.1) is 34.9 Å². The zero-order chi connectivity index (χ0) is 32.1. The number of rotatable bonds is 6. The van der Waals surface area contributed by atoms with Crippen molar-refractivity contribution in [1.82, 2.24) is 34.0 Å². The number of nitrogens with zero attached hydrogens (tertiary/aromatic N) is 5. The summed E-state index contributed by atoms with van der Waals surface area (Å²) < 4.78 is 10.1. The molecule has 1 saturated heterocycles. The lowest BCUT2D eigenvalue weighted by Crippen LogP contribution is -2.41. The van der Waals surface area contributed by atoms with E-state index in [1.165, 1.54) is 0 Å². The van der Waals surface area contributed by atoms with Gasteiger partial charge in [-0.1, -0.05) is 6.07 Å². The van der Waals surface area contributed by atoms with Crippen molar-refractivity contribution in [3.63, 3.8) is 0 Å². The third-order valence-corrected chi connectivity index (χ3v) is 10.5. The first-order valence-corrected chi connectivity index (χ1v) is 16.2. The number of likely N-dealkylation sites (tertiary alicyclic amines) is 1. The van der Waals surface area contributed by atoms with Crippen LogP contribution in [0.4, 0.5) is 0 Å². The first kappa shape index (κ1) is 28.0. The van der Waals surface area contributed by atoms with Crippen LogP contribution in [0.5, 0.6) is 5.75 Å². The molecule has 4 N–H and O–H groups in total. The Labute approximate surface area is 268 Å². The SMILES string of the molecule is COc1cc(C(=O)N2CC3CCC2C3N)cc2nc(-c3cc4ccc(-c5ccc6[nH]c(=O)[nH]c(=O)c6c5)nc4n3CC3CC3)n(C)c12. The number of aromatic nitrogens is 6. The zero-order valence-electron chi connectivity index (χ0n) is 26.1. The molecule has 3 atom stereocenters. The minimum atomic E-state index is -0.536. The summed E-state index contributed by atoms with van der Waals surface area (Å²) >= 11 is 0. The number of nitrogens with one attached hydrogen (secondary N) is 2. The first-order chi connectivity index (χ1) is 22.8. The summed E-state index contributed by atoms with van der Waals surface area (Å²) in [7, 11) is 3.60. The normalized spacial score (nSPS) is 20.7. The van der Waals surface area contributed by atoms with E-state index in [0.29, 0.717) is 46.1 Å². The number of pyridine rings is 1. The van der Waals surface area contributed by atoms with Crippen LogP contribution < -0.4 is 21.7 Å². The van der Waals surface area contributed by atoms with Gasteiger partial charge in [-0.3, -0.25) is 14.6 Å². The highest BCUT2D eigenvalue weighted by Crippen LogP contribution is 2.40. The molecule has 12 nitrogen and oxygen atoms in total. The van der Waals surface area contributed by atoms with E-state index >= 15 is 0 Å². The number of amides is 1. The number of ether oxygens (including phenoxy) is 1. The van der Waals surface area contributed by atoms with Crippen molar-refractivity contribution in [3.8, 4) is 28.5 Å². The molecule has 1 aliphatic heterocycles. The van der Waals surface area contributed by atoms with Gasteiger partial charge in [0.2, 0.25) is 0 Å². The van der Waals surface area contributed by atoms with Gasteiger partial charge in [-0.05, 0) is 80.0 Å². The molecule has 0 spiro atoms. The number of aryl methyl sites for hydroxylation is 1. The molecule has 47 heavy (non-hydrogen) atoms. The van der Waals surface area contributed by atoms with Crippen LogP contribution in [-0.2, 0) is 13.6 Å². The van der Waals surface area contributed by atoms with Crippen molar-refractivity contribution < 1.29 is 9.53 Å². The van der Waals surface area contributed by atoms with Crippen molar-refractivity contribution in [2.45, 2.75) is 44.3 Å². The number of benzene rings is 2. The molecule has 1 amide bonds.